The summed E-state index contributed by atoms with van der Waals surface area (Å²) < 4.78 is 0. The molecule has 14 heavy (non-hydrogen) atoms. The third-order valence-electron chi connectivity index (χ3n) is 2.69. The highest BCUT2D eigenvalue weighted by molar-refractivity contribution is 6.06. The molecule has 1 rings (SSSR count). The van der Waals surface area contributed by atoms with E-state index in [4.69, 9.17) is 0 Å². The average molecular weight is 200 g/mol. The molecule has 3 amide bonds. The molecular formula is C9H16N2O3. The first kappa shape index (κ1) is 11.0. The highest BCUT2D eigenvalue weighted by Crippen LogP contribution is 2.24. The van der Waals surface area contributed by atoms with Crippen molar-refractivity contribution in [2.75, 3.05) is 6.54 Å². The van der Waals surface area contributed by atoms with E-state index in [0.29, 0.717) is 6.42 Å². The van der Waals surface area contributed by atoms with Crippen LogP contribution in [0.3, 0.4) is 0 Å². The molecule has 5 nitrogen and oxygen atoms in total. The molecule has 1 heterocycles. The first-order chi connectivity index (χ1) is 6.41. The van der Waals surface area contributed by atoms with Gasteiger partial charge in [0.2, 0.25) is 0 Å². The monoisotopic (exact) mass is 200 g/mol. The molecule has 0 aromatic rings. The Kier molecular flexibility index (Phi) is 2.80. The van der Waals surface area contributed by atoms with Crippen LogP contribution in [0.4, 0.5) is 4.79 Å². The fourth-order valence-electron chi connectivity index (χ4n) is 1.55. The first-order valence-corrected chi connectivity index (χ1v) is 4.73. The van der Waals surface area contributed by atoms with E-state index in [-0.39, 0.29) is 12.5 Å². The molecular weight excluding hydrogens is 184 g/mol. The Morgan fingerprint density at radius 1 is 1.57 bits per heavy atom. The number of β-amino-alcohol motifs (C(OH)–C–C–N with tert-alkyl or cyclic N) is 1. The largest absolute Gasteiger partial charge is 0.392 e. The zero-order valence-corrected chi connectivity index (χ0v) is 8.70. The lowest BCUT2D eigenvalue weighted by atomic mass is 9.97. The van der Waals surface area contributed by atoms with Crippen molar-refractivity contribution in [1.29, 1.82) is 0 Å². The number of urea groups is 1. The average Bonchev–Trinajstić information content (AvgIpc) is 2.30. The number of nitrogens with zero attached hydrogens (tertiary/aromatic N) is 1. The van der Waals surface area contributed by atoms with Gasteiger partial charge in [-0.3, -0.25) is 10.1 Å². The van der Waals surface area contributed by atoms with E-state index in [1.807, 2.05) is 6.92 Å². The maximum Gasteiger partial charge on any atom is 0.325 e. The summed E-state index contributed by atoms with van der Waals surface area (Å²) in [4.78, 5) is 24.2. The van der Waals surface area contributed by atoms with E-state index >= 15 is 0 Å². The lowest BCUT2D eigenvalue weighted by molar-refractivity contribution is -0.126. The first-order valence-electron chi connectivity index (χ1n) is 4.73. The van der Waals surface area contributed by atoms with Gasteiger partial charge in [0.25, 0.3) is 5.91 Å². The molecule has 0 spiro atoms. The van der Waals surface area contributed by atoms with Crippen LogP contribution in [-0.2, 0) is 4.79 Å². The Hall–Kier alpha value is -1.10. The summed E-state index contributed by atoms with van der Waals surface area (Å²) in [5.41, 5.74) is -0.811. The van der Waals surface area contributed by atoms with Crippen LogP contribution in [0.1, 0.15) is 27.2 Å². The molecule has 0 saturated carbocycles. The van der Waals surface area contributed by atoms with Gasteiger partial charge in [0, 0.05) is 6.54 Å². The second kappa shape index (κ2) is 3.57. The van der Waals surface area contributed by atoms with Crippen molar-refractivity contribution < 1.29 is 14.7 Å². The minimum atomic E-state index is -0.811. The number of aliphatic hydroxyl groups excluding tert-OH is 1. The number of amides is 3. The molecule has 0 bridgehead atoms. The standard InChI is InChI=1S/C9H16N2O3/c1-4-9(3)7(13)10-8(14)11(9)5-6(2)12/h6,12H,4-5H2,1-3H3,(H,10,13,14). The number of carbonyl (C=O) groups is 2. The molecule has 2 atom stereocenters. The van der Waals surface area contributed by atoms with Gasteiger partial charge in [-0.2, -0.15) is 0 Å². The van der Waals surface area contributed by atoms with Gasteiger partial charge in [-0.05, 0) is 20.3 Å². The molecule has 0 aliphatic carbocycles. The number of aliphatic hydroxyl groups is 1. The minimum Gasteiger partial charge on any atom is -0.392 e. The summed E-state index contributed by atoms with van der Waals surface area (Å²) in [5, 5.41) is 11.5. The van der Waals surface area contributed by atoms with E-state index in [0.717, 1.165) is 0 Å². The molecule has 1 aliphatic rings. The molecule has 0 radical (unpaired) electrons. The van der Waals surface area contributed by atoms with Crippen LogP contribution in [0.5, 0.6) is 0 Å². The van der Waals surface area contributed by atoms with Gasteiger partial charge in [-0.15, -0.1) is 0 Å². The number of rotatable bonds is 3. The second-order valence-corrected chi connectivity index (χ2v) is 3.85. The Bertz CT molecular complexity index is 265. The van der Waals surface area contributed by atoms with Crippen LogP contribution in [0.15, 0.2) is 0 Å². The number of carbonyl (C=O) groups excluding carboxylic acids is 2. The lowest BCUT2D eigenvalue weighted by Crippen LogP contribution is -2.49. The van der Waals surface area contributed by atoms with Gasteiger partial charge in [0.1, 0.15) is 5.54 Å². The van der Waals surface area contributed by atoms with Crippen LogP contribution in [0.2, 0.25) is 0 Å². The number of imide groups is 1. The zero-order valence-electron chi connectivity index (χ0n) is 8.70. The fraction of sp³-hybridized carbons (Fsp3) is 0.778. The van der Waals surface area contributed by atoms with E-state index in [9.17, 15) is 14.7 Å². The van der Waals surface area contributed by atoms with E-state index in [2.05, 4.69) is 5.32 Å². The van der Waals surface area contributed by atoms with Gasteiger partial charge in [-0.1, -0.05) is 6.92 Å². The smallest absolute Gasteiger partial charge is 0.325 e. The van der Waals surface area contributed by atoms with Gasteiger partial charge >= 0.3 is 6.03 Å². The van der Waals surface area contributed by atoms with Gasteiger partial charge in [0.15, 0.2) is 0 Å². The molecule has 5 heteroatoms. The predicted octanol–water partition coefficient (Wildman–Crippen LogP) is 0.0877. The number of nitrogens with one attached hydrogen (secondary N) is 1. The molecule has 1 aliphatic heterocycles. The maximum absolute atomic E-state index is 11.5. The zero-order chi connectivity index (χ0) is 10.9. The SMILES string of the molecule is CCC1(C)C(=O)NC(=O)N1CC(C)O. The van der Waals surface area contributed by atoms with Crippen LogP contribution < -0.4 is 5.32 Å². The van der Waals surface area contributed by atoms with E-state index < -0.39 is 17.7 Å². The highest BCUT2D eigenvalue weighted by Gasteiger charge is 2.47. The summed E-state index contributed by atoms with van der Waals surface area (Å²) in [6.45, 7) is 5.32. The Balaban J connectivity index is 2.89. The van der Waals surface area contributed by atoms with Gasteiger partial charge < -0.3 is 10.0 Å². The molecule has 1 fully saturated rings. The minimum absolute atomic E-state index is 0.182. The molecule has 1 saturated heterocycles. The van der Waals surface area contributed by atoms with Crippen molar-refractivity contribution in [2.45, 2.75) is 38.8 Å². The van der Waals surface area contributed by atoms with Gasteiger partial charge in [-0.25, -0.2) is 4.79 Å². The van der Waals surface area contributed by atoms with Crippen molar-refractivity contribution in [1.82, 2.24) is 10.2 Å². The normalized spacial score (nSPS) is 29.3. The van der Waals surface area contributed by atoms with Crippen molar-refractivity contribution in [2.24, 2.45) is 0 Å². The third kappa shape index (κ3) is 1.59. The van der Waals surface area contributed by atoms with Crippen LogP contribution in [-0.4, -0.2) is 40.1 Å². The van der Waals surface area contributed by atoms with Crippen LogP contribution in [0, 0.1) is 0 Å². The molecule has 2 unspecified atom stereocenters. The molecule has 80 valence electrons. The Morgan fingerprint density at radius 3 is 2.57 bits per heavy atom. The van der Waals surface area contributed by atoms with Crippen molar-refractivity contribution in [3.63, 3.8) is 0 Å². The summed E-state index contributed by atoms with van der Waals surface area (Å²) in [7, 11) is 0. The van der Waals surface area contributed by atoms with E-state index in [1.54, 1.807) is 13.8 Å². The predicted molar refractivity (Wildman–Crippen MR) is 50.6 cm³/mol. The third-order valence-corrected chi connectivity index (χ3v) is 2.69. The van der Waals surface area contributed by atoms with Crippen LogP contribution >= 0.6 is 0 Å². The lowest BCUT2D eigenvalue weighted by Gasteiger charge is -2.31. The number of hydrogen-bond donors (Lipinski definition) is 2. The maximum atomic E-state index is 11.5. The Morgan fingerprint density at radius 2 is 2.14 bits per heavy atom. The summed E-state index contributed by atoms with van der Waals surface area (Å²) in [6, 6.07) is -0.416. The quantitative estimate of drug-likeness (QED) is 0.634. The molecule has 0 aromatic carbocycles. The summed E-state index contributed by atoms with van der Waals surface area (Å²) >= 11 is 0. The van der Waals surface area contributed by atoms with Crippen LogP contribution in [0.25, 0.3) is 0 Å². The summed E-state index contributed by atoms with van der Waals surface area (Å²) in [5.74, 6) is -0.286. The number of hydrogen-bond acceptors (Lipinski definition) is 3. The second-order valence-electron chi connectivity index (χ2n) is 3.85. The van der Waals surface area contributed by atoms with Crippen molar-refractivity contribution in [3.05, 3.63) is 0 Å². The topological polar surface area (TPSA) is 69.6 Å². The Labute approximate surface area is 83.1 Å². The fourth-order valence-corrected chi connectivity index (χ4v) is 1.55. The summed E-state index contributed by atoms with van der Waals surface area (Å²) in [6.07, 6.45) is -0.0883. The van der Waals surface area contributed by atoms with Crippen molar-refractivity contribution in [3.8, 4) is 0 Å². The molecule has 0 aromatic heterocycles. The highest BCUT2D eigenvalue weighted by atomic mass is 16.3. The van der Waals surface area contributed by atoms with Crippen molar-refractivity contribution >= 4 is 11.9 Å². The van der Waals surface area contributed by atoms with E-state index in [1.165, 1.54) is 4.90 Å². The molecule has 2 N–H and O–H groups in total. The van der Waals surface area contributed by atoms with Gasteiger partial charge in [0.05, 0.1) is 6.10 Å².